The third-order valence-electron chi connectivity index (χ3n) is 3.74. The minimum absolute atomic E-state index is 0.151. The van der Waals surface area contributed by atoms with Crippen molar-refractivity contribution in [2.75, 3.05) is 33.9 Å². The van der Waals surface area contributed by atoms with Crippen LogP contribution in [0.15, 0.2) is 0 Å². The van der Waals surface area contributed by atoms with Gasteiger partial charge in [-0.1, -0.05) is 0 Å². The maximum Gasteiger partial charge on any atom is 0.324 e. The van der Waals surface area contributed by atoms with Gasteiger partial charge in [0.05, 0.1) is 13.2 Å². The first-order valence-corrected chi connectivity index (χ1v) is 6.82. The molecule has 1 saturated carbocycles. The maximum atomic E-state index is 11.8. The molecule has 1 saturated heterocycles. The van der Waals surface area contributed by atoms with Gasteiger partial charge in [-0.05, 0) is 32.2 Å². The standard InChI is InChI=1S/C13H24N2O3/c1-17-11-4-3-7-15(8-11)9-12(13(16)18-2)14-10-5-6-10/h10-12,14H,3-9H2,1-2H3. The number of nitrogens with one attached hydrogen (secondary N) is 1. The summed E-state index contributed by atoms with van der Waals surface area (Å²) < 4.78 is 10.3. The van der Waals surface area contributed by atoms with Crippen LogP contribution in [-0.2, 0) is 14.3 Å². The Morgan fingerprint density at radius 1 is 1.39 bits per heavy atom. The first kappa shape index (κ1) is 13.8. The highest BCUT2D eigenvalue weighted by molar-refractivity contribution is 5.76. The van der Waals surface area contributed by atoms with Crippen molar-refractivity contribution in [3.05, 3.63) is 0 Å². The van der Waals surface area contributed by atoms with Crippen molar-refractivity contribution in [1.82, 2.24) is 10.2 Å². The Morgan fingerprint density at radius 2 is 2.17 bits per heavy atom. The molecule has 0 spiro atoms. The molecule has 1 aliphatic heterocycles. The van der Waals surface area contributed by atoms with Crippen LogP contribution in [0.5, 0.6) is 0 Å². The van der Waals surface area contributed by atoms with E-state index in [1.807, 2.05) is 0 Å². The fourth-order valence-corrected chi connectivity index (χ4v) is 2.50. The zero-order valence-electron chi connectivity index (χ0n) is 11.4. The number of likely N-dealkylation sites (tertiary alicyclic amines) is 1. The van der Waals surface area contributed by atoms with Crippen molar-refractivity contribution in [3.8, 4) is 0 Å². The fraction of sp³-hybridized carbons (Fsp3) is 0.923. The Kier molecular flexibility index (Phi) is 4.97. The highest BCUT2D eigenvalue weighted by atomic mass is 16.5. The average molecular weight is 256 g/mol. The molecule has 2 fully saturated rings. The summed E-state index contributed by atoms with van der Waals surface area (Å²) >= 11 is 0. The smallest absolute Gasteiger partial charge is 0.324 e. The molecule has 2 unspecified atom stereocenters. The summed E-state index contributed by atoms with van der Waals surface area (Å²) in [5.41, 5.74) is 0. The molecule has 1 aliphatic carbocycles. The fourth-order valence-electron chi connectivity index (χ4n) is 2.50. The monoisotopic (exact) mass is 256 g/mol. The Labute approximate surface area is 109 Å². The number of carbonyl (C=O) groups excluding carboxylic acids is 1. The van der Waals surface area contributed by atoms with E-state index in [1.54, 1.807) is 7.11 Å². The second kappa shape index (κ2) is 6.50. The third kappa shape index (κ3) is 3.93. The first-order chi connectivity index (χ1) is 8.72. The molecule has 104 valence electrons. The molecule has 2 atom stereocenters. The Morgan fingerprint density at radius 3 is 2.78 bits per heavy atom. The van der Waals surface area contributed by atoms with Crippen LogP contribution in [0.1, 0.15) is 25.7 Å². The summed E-state index contributed by atoms with van der Waals surface area (Å²) in [6, 6.07) is 0.315. The molecule has 0 aromatic carbocycles. The van der Waals surface area contributed by atoms with Crippen LogP contribution in [-0.4, -0.2) is 62.9 Å². The summed E-state index contributed by atoms with van der Waals surface area (Å²) in [5, 5.41) is 3.36. The Hall–Kier alpha value is -0.650. The highest BCUT2D eigenvalue weighted by Gasteiger charge is 2.31. The number of methoxy groups -OCH3 is 2. The zero-order valence-corrected chi connectivity index (χ0v) is 11.4. The van der Waals surface area contributed by atoms with Gasteiger partial charge in [0.25, 0.3) is 0 Å². The highest BCUT2D eigenvalue weighted by Crippen LogP contribution is 2.20. The molecular weight excluding hydrogens is 232 g/mol. The largest absolute Gasteiger partial charge is 0.468 e. The van der Waals surface area contributed by atoms with Crippen LogP contribution in [0.2, 0.25) is 0 Å². The molecule has 2 rings (SSSR count). The number of nitrogens with zero attached hydrogens (tertiary/aromatic N) is 1. The Bertz CT molecular complexity index is 281. The average Bonchev–Trinajstić information content (AvgIpc) is 3.21. The normalized spacial score (nSPS) is 26.9. The van der Waals surface area contributed by atoms with Gasteiger partial charge in [-0.2, -0.15) is 0 Å². The minimum atomic E-state index is -0.196. The summed E-state index contributed by atoms with van der Waals surface area (Å²) in [6.45, 7) is 2.68. The van der Waals surface area contributed by atoms with Crippen molar-refractivity contribution in [2.45, 2.75) is 43.9 Å². The van der Waals surface area contributed by atoms with E-state index in [4.69, 9.17) is 9.47 Å². The predicted octanol–water partition coefficient (Wildman–Crippen LogP) is 0.391. The molecule has 0 aromatic rings. The lowest BCUT2D eigenvalue weighted by Gasteiger charge is -2.33. The van der Waals surface area contributed by atoms with E-state index >= 15 is 0 Å². The molecule has 0 bridgehead atoms. The molecule has 1 heterocycles. The van der Waals surface area contributed by atoms with Crippen molar-refractivity contribution in [3.63, 3.8) is 0 Å². The van der Waals surface area contributed by atoms with E-state index in [1.165, 1.54) is 20.0 Å². The first-order valence-electron chi connectivity index (χ1n) is 6.82. The summed E-state index contributed by atoms with van der Waals surface area (Å²) in [5.74, 6) is -0.151. The molecule has 0 aromatic heterocycles. The maximum absolute atomic E-state index is 11.8. The van der Waals surface area contributed by atoms with Crippen LogP contribution in [0.25, 0.3) is 0 Å². The van der Waals surface area contributed by atoms with Crippen molar-refractivity contribution in [2.24, 2.45) is 0 Å². The van der Waals surface area contributed by atoms with E-state index in [9.17, 15) is 4.79 Å². The van der Waals surface area contributed by atoms with E-state index in [0.29, 0.717) is 12.1 Å². The quantitative estimate of drug-likeness (QED) is 0.697. The van der Waals surface area contributed by atoms with E-state index in [2.05, 4.69) is 10.2 Å². The summed E-state index contributed by atoms with van der Waals surface area (Å²) in [6.07, 6.45) is 4.91. The van der Waals surface area contributed by atoms with Gasteiger partial charge in [-0.3, -0.25) is 9.69 Å². The van der Waals surface area contributed by atoms with Crippen molar-refractivity contribution >= 4 is 5.97 Å². The second-order valence-electron chi connectivity index (χ2n) is 5.28. The van der Waals surface area contributed by atoms with Gasteiger partial charge in [-0.15, -0.1) is 0 Å². The number of rotatable bonds is 6. The number of hydrogen-bond donors (Lipinski definition) is 1. The SMILES string of the molecule is COC(=O)C(CN1CCCC(OC)C1)NC1CC1. The number of esters is 1. The van der Waals surface area contributed by atoms with Crippen LogP contribution in [0, 0.1) is 0 Å². The Balaban J connectivity index is 1.84. The molecule has 0 amide bonds. The van der Waals surface area contributed by atoms with Gasteiger partial charge >= 0.3 is 5.97 Å². The molecule has 5 nitrogen and oxygen atoms in total. The molecule has 18 heavy (non-hydrogen) atoms. The van der Waals surface area contributed by atoms with Crippen LogP contribution < -0.4 is 5.32 Å². The van der Waals surface area contributed by atoms with E-state index in [0.717, 1.165) is 32.5 Å². The molecule has 0 radical (unpaired) electrons. The second-order valence-corrected chi connectivity index (χ2v) is 5.28. The molecular formula is C13H24N2O3. The summed E-state index contributed by atoms with van der Waals surface area (Å²) in [4.78, 5) is 14.1. The minimum Gasteiger partial charge on any atom is -0.468 e. The molecule has 2 aliphatic rings. The van der Waals surface area contributed by atoms with Crippen LogP contribution in [0.4, 0.5) is 0 Å². The van der Waals surface area contributed by atoms with Gasteiger partial charge in [0.2, 0.25) is 0 Å². The van der Waals surface area contributed by atoms with Gasteiger partial charge in [0, 0.05) is 26.2 Å². The number of hydrogen-bond acceptors (Lipinski definition) is 5. The number of carbonyl (C=O) groups is 1. The third-order valence-corrected chi connectivity index (χ3v) is 3.74. The lowest BCUT2D eigenvalue weighted by Crippen LogP contribution is -2.50. The zero-order chi connectivity index (χ0) is 13.0. The topological polar surface area (TPSA) is 50.8 Å². The lowest BCUT2D eigenvalue weighted by molar-refractivity contribution is -0.144. The van der Waals surface area contributed by atoms with E-state index < -0.39 is 0 Å². The van der Waals surface area contributed by atoms with Crippen molar-refractivity contribution < 1.29 is 14.3 Å². The number of piperidine rings is 1. The molecule has 5 heteroatoms. The van der Waals surface area contributed by atoms with Crippen LogP contribution >= 0.6 is 0 Å². The van der Waals surface area contributed by atoms with Crippen LogP contribution in [0.3, 0.4) is 0 Å². The molecule has 1 N–H and O–H groups in total. The number of ether oxygens (including phenoxy) is 2. The van der Waals surface area contributed by atoms with Gasteiger partial charge in [-0.25, -0.2) is 0 Å². The van der Waals surface area contributed by atoms with Gasteiger partial charge < -0.3 is 14.8 Å². The lowest BCUT2D eigenvalue weighted by atomic mass is 10.1. The van der Waals surface area contributed by atoms with E-state index in [-0.39, 0.29) is 12.0 Å². The van der Waals surface area contributed by atoms with Gasteiger partial charge in [0.15, 0.2) is 0 Å². The van der Waals surface area contributed by atoms with Crippen molar-refractivity contribution in [1.29, 1.82) is 0 Å². The summed E-state index contributed by atoms with van der Waals surface area (Å²) in [7, 11) is 3.21. The predicted molar refractivity (Wildman–Crippen MR) is 68.4 cm³/mol. The van der Waals surface area contributed by atoms with Gasteiger partial charge in [0.1, 0.15) is 6.04 Å².